The first-order valence-electron chi connectivity index (χ1n) is 6.81. The molecule has 0 aliphatic rings. The maximum atomic E-state index is 12.3. The summed E-state index contributed by atoms with van der Waals surface area (Å²) in [5, 5.41) is 10.7. The summed E-state index contributed by atoms with van der Waals surface area (Å²) in [6, 6.07) is 12.7. The molecule has 1 N–H and O–H groups in total. The Morgan fingerprint density at radius 1 is 1.21 bits per heavy atom. The van der Waals surface area contributed by atoms with Crippen LogP contribution in [0.25, 0.3) is 11.5 Å². The van der Waals surface area contributed by atoms with E-state index in [4.69, 9.17) is 16.0 Å². The number of carbonyl (C=O) groups is 1. The minimum Gasteiger partial charge on any atom is -0.403 e. The molecule has 5 nitrogen and oxygen atoms in total. The largest absolute Gasteiger partial charge is 0.403 e. The van der Waals surface area contributed by atoms with E-state index >= 15 is 0 Å². The zero-order valence-electron chi connectivity index (χ0n) is 12.4. The van der Waals surface area contributed by atoms with Gasteiger partial charge in [-0.3, -0.25) is 10.1 Å². The van der Waals surface area contributed by atoms with Crippen LogP contribution in [0.4, 0.5) is 6.01 Å². The number of halogens is 2. The van der Waals surface area contributed by atoms with Gasteiger partial charge in [0.2, 0.25) is 5.89 Å². The molecule has 0 fully saturated rings. The molecule has 3 rings (SSSR count). The van der Waals surface area contributed by atoms with Gasteiger partial charge in [-0.05, 0) is 48.7 Å². The summed E-state index contributed by atoms with van der Waals surface area (Å²) in [6.07, 6.45) is 2.00. The number of hydrogen-bond acceptors (Lipinski definition) is 5. The molecule has 122 valence electrons. The van der Waals surface area contributed by atoms with Crippen LogP contribution in [-0.2, 0) is 0 Å². The molecule has 8 heteroatoms. The molecule has 0 aliphatic carbocycles. The Bertz CT molecular complexity index is 883. The highest BCUT2D eigenvalue weighted by Crippen LogP contribution is 2.25. The molecule has 1 aromatic heterocycles. The fourth-order valence-corrected chi connectivity index (χ4v) is 2.93. The van der Waals surface area contributed by atoms with Gasteiger partial charge in [0.05, 0.1) is 10.6 Å². The molecule has 0 bridgehead atoms. The molecule has 0 unspecified atom stereocenters. The van der Waals surface area contributed by atoms with Crippen LogP contribution in [0.15, 0.2) is 56.2 Å². The number of carbonyl (C=O) groups excluding carboxylic acids is 1. The van der Waals surface area contributed by atoms with Gasteiger partial charge < -0.3 is 4.42 Å². The van der Waals surface area contributed by atoms with E-state index in [-0.39, 0.29) is 6.01 Å². The quantitative estimate of drug-likeness (QED) is 0.588. The molecule has 0 saturated carbocycles. The summed E-state index contributed by atoms with van der Waals surface area (Å²) in [7, 11) is 0. The van der Waals surface area contributed by atoms with Crippen molar-refractivity contribution < 1.29 is 9.21 Å². The number of aromatic nitrogens is 2. The van der Waals surface area contributed by atoms with E-state index in [1.165, 1.54) is 0 Å². The van der Waals surface area contributed by atoms with E-state index in [1.54, 1.807) is 30.0 Å². The van der Waals surface area contributed by atoms with E-state index in [9.17, 15) is 4.79 Å². The highest BCUT2D eigenvalue weighted by Gasteiger charge is 2.15. The Hall–Kier alpha value is -1.83. The Morgan fingerprint density at radius 2 is 1.96 bits per heavy atom. The topological polar surface area (TPSA) is 68.0 Å². The highest BCUT2D eigenvalue weighted by molar-refractivity contribution is 9.10. The van der Waals surface area contributed by atoms with Crippen molar-refractivity contribution in [3.8, 4) is 11.5 Å². The van der Waals surface area contributed by atoms with Crippen molar-refractivity contribution in [1.29, 1.82) is 0 Å². The Morgan fingerprint density at radius 3 is 2.67 bits per heavy atom. The lowest BCUT2D eigenvalue weighted by molar-refractivity contribution is 0.102. The first-order chi connectivity index (χ1) is 11.6. The van der Waals surface area contributed by atoms with Gasteiger partial charge in [0, 0.05) is 14.9 Å². The maximum Gasteiger partial charge on any atom is 0.322 e. The normalized spacial score (nSPS) is 10.6. The summed E-state index contributed by atoms with van der Waals surface area (Å²) < 4.78 is 6.24. The predicted molar refractivity (Wildman–Crippen MR) is 98.6 cm³/mol. The fraction of sp³-hybridized carbons (Fsp3) is 0.0625. The highest BCUT2D eigenvalue weighted by atomic mass is 79.9. The van der Waals surface area contributed by atoms with E-state index in [0.717, 1.165) is 14.9 Å². The summed E-state index contributed by atoms with van der Waals surface area (Å²) in [6.45, 7) is 0. The lowest BCUT2D eigenvalue weighted by Crippen LogP contribution is -2.12. The van der Waals surface area contributed by atoms with Gasteiger partial charge in [-0.1, -0.05) is 32.6 Å². The molecule has 2 aromatic carbocycles. The SMILES string of the molecule is CSc1ccc(-c2nnc(NC(=O)c3cc(Br)ccc3Cl)o2)cc1. The Kier molecular flexibility index (Phi) is 5.23. The summed E-state index contributed by atoms with van der Waals surface area (Å²) in [5.41, 5.74) is 1.09. The van der Waals surface area contributed by atoms with Crippen LogP contribution in [0.1, 0.15) is 10.4 Å². The second-order valence-corrected chi connectivity index (χ2v) is 6.92. The lowest BCUT2D eigenvalue weighted by atomic mass is 10.2. The first-order valence-corrected chi connectivity index (χ1v) is 9.21. The molecule has 0 aliphatic heterocycles. The number of benzene rings is 2. The zero-order chi connectivity index (χ0) is 17.1. The lowest BCUT2D eigenvalue weighted by Gasteiger charge is -2.03. The predicted octanol–water partition coefficient (Wildman–Crippen LogP) is 5.13. The molecule has 0 atom stereocenters. The standard InChI is InChI=1S/C16H11BrClN3O2S/c1-24-11-5-2-9(3-6-11)15-20-21-16(23-15)19-14(22)12-8-10(17)4-7-13(12)18/h2-8H,1H3,(H,19,21,22). The zero-order valence-corrected chi connectivity index (χ0v) is 15.6. The average molecular weight is 425 g/mol. The Balaban J connectivity index is 1.78. The number of nitrogens with zero attached hydrogens (tertiary/aromatic N) is 2. The number of hydrogen-bond donors (Lipinski definition) is 1. The van der Waals surface area contributed by atoms with Crippen molar-refractivity contribution in [3.63, 3.8) is 0 Å². The van der Waals surface area contributed by atoms with Gasteiger partial charge in [0.1, 0.15) is 0 Å². The van der Waals surface area contributed by atoms with E-state index in [2.05, 4.69) is 31.4 Å². The van der Waals surface area contributed by atoms with Crippen LogP contribution >= 0.6 is 39.3 Å². The molecule has 0 saturated heterocycles. The molecule has 0 radical (unpaired) electrons. The molecular weight excluding hydrogens is 414 g/mol. The molecule has 1 amide bonds. The van der Waals surface area contributed by atoms with Crippen molar-refractivity contribution in [1.82, 2.24) is 10.2 Å². The summed E-state index contributed by atoms with van der Waals surface area (Å²) >= 11 is 11.0. The number of anilines is 1. The van der Waals surface area contributed by atoms with Crippen LogP contribution < -0.4 is 5.32 Å². The van der Waals surface area contributed by atoms with Crippen LogP contribution in [0.3, 0.4) is 0 Å². The van der Waals surface area contributed by atoms with Crippen LogP contribution in [0.2, 0.25) is 5.02 Å². The molecular formula is C16H11BrClN3O2S. The van der Waals surface area contributed by atoms with E-state index in [0.29, 0.717) is 16.5 Å². The molecule has 24 heavy (non-hydrogen) atoms. The number of amides is 1. The van der Waals surface area contributed by atoms with Crippen LogP contribution in [0, 0.1) is 0 Å². The van der Waals surface area contributed by atoms with Crippen molar-refractivity contribution >= 4 is 51.2 Å². The van der Waals surface area contributed by atoms with Crippen LogP contribution in [-0.4, -0.2) is 22.4 Å². The minimum absolute atomic E-state index is 0.0139. The number of thioether (sulfide) groups is 1. The van der Waals surface area contributed by atoms with Crippen molar-refractivity contribution in [2.45, 2.75) is 4.90 Å². The fourth-order valence-electron chi connectivity index (χ4n) is 1.96. The van der Waals surface area contributed by atoms with Gasteiger partial charge in [-0.25, -0.2) is 0 Å². The second-order valence-electron chi connectivity index (χ2n) is 4.72. The summed E-state index contributed by atoms with van der Waals surface area (Å²) in [4.78, 5) is 13.4. The van der Waals surface area contributed by atoms with Crippen molar-refractivity contribution in [3.05, 3.63) is 57.5 Å². The van der Waals surface area contributed by atoms with Crippen LogP contribution in [0.5, 0.6) is 0 Å². The molecule has 3 aromatic rings. The first kappa shape index (κ1) is 17.0. The third-order valence-electron chi connectivity index (χ3n) is 3.16. The van der Waals surface area contributed by atoms with Gasteiger partial charge in [-0.15, -0.1) is 16.9 Å². The smallest absolute Gasteiger partial charge is 0.322 e. The third kappa shape index (κ3) is 3.80. The maximum absolute atomic E-state index is 12.3. The van der Waals surface area contributed by atoms with Crippen molar-refractivity contribution in [2.24, 2.45) is 0 Å². The van der Waals surface area contributed by atoms with E-state index < -0.39 is 5.91 Å². The number of nitrogens with one attached hydrogen (secondary N) is 1. The van der Waals surface area contributed by atoms with Gasteiger partial charge in [-0.2, -0.15) is 0 Å². The van der Waals surface area contributed by atoms with Crippen molar-refractivity contribution in [2.75, 3.05) is 11.6 Å². The van der Waals surface area contributed by atoms with Gasteiger partial charge in [0.15, 0.2) is 0 Å². The molecule has 1 heterocycles. The van der Waals surface area contributed by atoms with E-state index in [1.807, 2.05) is 30.5 Å². The minimum atomic E-state index is -0.422. The van der Waals surface area contributed by atoms with Gasteiger partial charge >= 0.3 is 6.01 Å². The second kappa shape index (κ2) is 7.38. The van der Waals surface area contributed by atoms with Gasteiger partial charge in [0.25, 0.3) is 5.91 Å². The number of rotatable bonds is 4. The monoisotopic (exact) mass is 423 g/mol. The molecule has 0 spiro atoms. The third-order valence-corrected chi connectivity index (χ3v) is 4.72. The summed E-state index contributed by atoms with van der Waals surface area (Å²) in [5.74, 6) is -0.0903. The Labute approximate surface area is 155 Å². The average Bonchev–Trinajstić information content (AvgIpc) is 3.05.